The molecular formula is C15H19N3O5. The normalized spacial score (nSPS) is 17.4. The Labute approximate surface area is 133 Å². The van der Waals surface area contributed by atoms with Gasteiger partial charge >= 0.3 is 5.97 Å². The van der Waals surface area contributed by atoms with Crippen LogP contribution in [0, 0.1) is 0 Å². The zero-order valence-electron chi connectivity index (χ0n) is 12.9. The standard InChI is InChI=1S/C15H19N3O5/c1-22-12-6-5-10(8-17-12)15(21)23-9-13(19)18-7-3-2-4-11(18)14(16)20/h5-6,8,11H,2-4,7,9H2,1H3,(H2,16,20)/t11-/m1/s1. The van der Waals surface area contributed by atoms with Gasteiger partial charge in [-0.1, -0.05) is 0 Å². The van der Waals surface area contributed by atoms with Gasteiger partial charge in [0.25, 0.3) is 5.91 Å². The van der Waals surface area contributed by atoms with Crippen LogP contribution < -0.4 is 10.5 Å². The number of carbonyl (C=O) groups excluding carboxylic acids is 3. The number of amides is 2. The zero-order chi connectivity index (χ0) is 16.8. The van der Waals surface area contributed by atoms with Crippen LogP contribution in [0.2, 0.25) is 0 Å². The summed E-state index contributed by atoms with van der Waals surface area (Å²) in [6.07, 6.45) is 3.48. The lowest BCUT2D eigenvalue weighted by Gasteiger charge is -2.33. The number of ether oxygens (including phenoxy) is 2. The highest BCUT2D eigenvalue weighted by Gasteiger charge is 2.31. The molecule has 1 aliphatic heterocycles. The fourth-order valence-corrected chi connectivity index (χ4v) is 2.44. The summed E-state index contributed by atoms with van der Waals surface area (Å²) in [5, 5.41) is 0. The SMILES string of the molecule is COc1ccc(C(=O)OCC(=O)N2CCCC[C@@H]2C(N)=O)cn1. The molecule has 0 saturated carbocycles. The van der Waals surface area contributed by atoms with E-state index in [4.69, 9.17) is 15.2 Å². The Bertz CT molecular complexity index is 587. The van der Waals surface area contributed by atoms with Crippen LogP contribution in [0.15, 0.2) is 18.3 Å². The summed E-state index contributed by atoms with van der Waals surface area (Å²) >= 11 is 0. The van der Waals surface area contributed by atoms with E-state index in [1.807, 2.05) is 0 Å². The number of primary amides is 1. The number of likely N-dealkylation sites (tertiary alicyclic amines) is 1. The number of nitrogens with zero attached hydrogens (tertiary/aromatic N) is 2. The topological polar surface area (TPSA) is 112 Å². The molecule has 124 valence electrons. The smallest absolute Gasteiger partial charge is 0.340 e. The van der Waals surface area contributed by atoms with E-state index >= 15 is 0 Å². The molecule has 0 spiro atoms. The molecule has 1 saturated heterocycles. The predicted octanol–water partition coefficient (Wildman–Crippen LogP) is 0.113. The average Bonchev–Trinajstić information content (AvgIpc) is 2.59. The van der Waals surface area contributed by atoms with Crippen molar-refractivity contribution in [1.82, 2.24) is 9.88 Å². The molecule has 8 nitrogen and oxygen atoms in total. The lowest BCUT2D eigenvalue weighted by atomic mass is 10.0. The number of methoxy groups -OCH3 is 1. The molecule has 23 heavy (non-hydrogen) atoms. The van der Waals surface area contributed by atoms with Crippen molar-refractivity contribution in [2.75, 3.05) is 20.3 Å². The van der Waals surface area contributed by atoms with Gasteiger partial charge in [0, 0.05) is 18.8 Å². The van der Waals surface area contributed by atoms with Crippen molar-refractivity contribution in [1.29, 1.82) is 0 Å². The van der Waals surface area contributed by atoms with Crippen molar-refractivity contribution in [2.45, 2.75) is 25.3 Å². The summed E-state index contributed by atoms with van der Waals surface area (Å²) < 4.78 is 9.87. The van der Waals surface area contributed by atoms with Crippen LogP contribution in [0.1, 0.15) is 29.6 Å². The summed E-state index contributed by atoms with van der Waals surface area (Å²) in [7, 11) is 1.47. The molecule has 2 amide bonds. The Kier molecular flexibility index (Phi) is 5.51. The van der Waals surface area contributed by atoms with Crippen LogP contribution in [-0.2, 0) is 14.3 Å². The Balaban J connectivity index is 1.92. The number of rotatable bonds is 5. The minimum absolute atomic E-state index is 0.212. The number of hydrogen-bond acceptors (Lipinski definition) is 6. The number of pyridine rings is 1. The van der Waals surface area contributed by atoms with Gasteiger partial charge in [-0.2, -0.15) is 0 Å². The number of carbonyl (C=O) groups is 3. The second-order valence-electron chi connectivity index (χ2n) is 5.17. The Hall–Kier alpha value is -2.64. The van der Waals surface area contributed by atoms with Gasteiger partial charge in [0.05, 0.1) is 12.7 Å². The fraction of sp³-hybridized carbons (Fsp3) is 0.467. The van der Waals surface area contributed by atoms with Crippen molar-refractivity contribution < 1.29 is 23.9 Å². The van der Waals surface area contributed by atoms with Crippen LogP contribution in [-0.4, -0.2) is 54.0 Å². The third-order valence-electron chi connectivity index (χ3n) is 3.66. The highest BCUT2D eigenvalue weighted by molar-refractivity contribution is 5.92. The van der Waals surface area contributed by atoms with Gasteiger partial charge in [-0.25, -0.2) is 9.78 Å². The molecule has 2 N–H and O–H groups in total. The van der Waals surface area contributed by atoms with E-state index in [-0.39, 0.29) is 5.56 Å². The van der Waals surface area contributed by atoms with Gasteiger partial charge in [-0.3, -0.25) is 9.59 Å². The number of aromatic nitrogens is 1. The highest BCUT2D eigenvalue weighted by atomic mass is 16.5. The Morgan fingerprint density at radius 2 is 2.13 bits per heavy atom. The molecule has 1 aromatic heterocycles. The van der Waals surface area contributed by atoms with Gasteiger partial charge in [0.1, 0.15) is 6.04 Å². The summed E-state index contributed by atoms with van der Waals surface area (Å²) in [6, 6.07) is 2.38. The van der Waals surface area contributed by atoms with Crippen molar-refractivity contribution in [3.63, 3.8) is 0 Å². The Morgan fingerprint density at radius 1 is 1.35 bits per heavy atom. The third-order valence-corrected chi connectivity index (χ3v) is 3.66. The molecule has 0 radical (unpaired) electrons. The second-order valence-corrected chi connectivity index (χ2v) is 5.17. The third kappa shape index (κ3) is 4.18. The van der Waals surface area contributed by atoms with Crippen molar-refractivity contribution >= 4 is 17.8 Å². The van der Waals surface area contributed by atoms with Crippen molar-refractivity contribution in [3.05, 3.63) is 23.9 Å². The number of hydrogen-bond donors (Lipinski definition) is 1. The molecule has 0 unspecified atom stereocenters. The van der Waals surface area contributed by atoms with Crippen LogP contribution in [0.4, 0.5) is 0 Å². The van der Waals surface area contributed by atoms with Crippen molar-refractivity contribution in [3.8, 4) is 5.88 Å². The largest absolute Gasteiger partial charge is 0.481 e. The fourth-order valence-electron chi connectivity index (χ4n) is 2.44. The number of piperidine rings is 1. The predicted molar refractivity (Wildman–Crippen MR) is 79.6 cm³/mol. The first-order valence-electron chi connectivity index (χ1n) is 7.29. The summed E-state index contributed by atoms with van der Waals surface area (Å²) in [5.74, 6) is -1.26. The Morgan fingerprint density at radius 3 is 2.74 bits per heavy atom. The number of esters is 1. The molecule has 2 rings (SSSR count). The van der Waals surface area contributed by atoms with Crippen LogP contribution in [0.5, 0.6) is 5.88 Å². The molecule has 1 atom stereocenters. The summed E-state index contributed by atoms with van der Waals surface area (Å²) in [5.41, 5.74) is 5.52. The second kappa shape index (κ2) is 7.57. The zero-order valence-corrected chi connectivity index (χ0v) is 12.9. The van der Waals surface area contributed by atoms with Gasteiger partial charge < -0.3 is 20.1 Å². The first kappa shape index (κ1) is 16.7. The molecule has 8 heteroatoms. The van der Waals surface area contributed by atoms with E-state index in [0.29, 0.717) is 18.8 Å². The molecule has 1 fully saturated rings. The van der Waals surface area contributed by atoms with E-state index in [2.05, 4.69) is 4.98 Å². The summed E-state index contributed by atoms with van der Waals surface area (Å²) in [4.78, 5) is 40.7. The quantitative estimate of drug-likeness (QED) is 0.771. The average molecular weight is 321 g/mol. The lowest BCUT2D eigenvalue weighted by molar-refractivity contribution is -0.143. The lowest BCUT2D eigenvalue weighted by Crippen LogP contribution is -2.51. The molecule has 0 aliphatic carbocycles. The molecule has 1 aromatic rings. The minimum Gasteiger partial charge on any atom is -0.481 e. The maximum Gasteiger partial charge on any atom is 0.340 e. The summed E-state index contributed by atoms with van der Waals surface area (Å²) in [6.45, 7) is 0.00270. The molecule has 1 aliphatic rings. The van der Waals surface area contributed by atoms with Crippen LogP contribution >= 0.6 is 0 Å². The van der Waals surface area contributed by atoms with Gasteiger partial charge in [-0.15, -0.1) is 0 Å². The van der Waals surface area contributed by atoms with Crippen LogP contribution in [0.3, 0.4) is 0 Å². The molecule has 2 heterocycles. The van der Waals surface area contributed by atoms with E-state index in [9.17, 15) is 14.4 Å². The minimum atomic E-state index is -0.666. The molecular weight excluding hydrogens is 302 g/mol. The maximum atomic E-state index is 12.2. The van der Waals surface area contributed by atoms with E-state index < -0.39 is 30.4 Å². The molecule has 0 bridgehead atoms. The van der Waals surface area contributed by atoms with Gasteiger partial charge in [0.2, 0.25) is 11.8 Å². The van der Waals surface area contributed by atoms with Gasteiger partial charge in [0.15, 0.2) is 6.61 Å². The van der Waals surface area contributed by atoms with Crippen molar-refractivity contribution in [2.24, 2.45) is 5.73 Å². The first-order chi connectivity index (χ1) is 11.0. The van der Waals surface area contributed by atoms with E-state index in [0.717, 1.165) is 12.8 Å². The maximum absolute atomic E-state index is 12.2. The number of nitrogens with two attached hydrogens (primary N) is 1. The highest BCUT2D eigenvalue weighted by Crippen LogP contribution is 2.17. The van der Waals surface area contributed by atoms with E-state index in [1.54, 1.807) is 0 Å². The van der Waals surface area contributed by atoms with Gasteiger partial charge in [-0.05, 0) is 25.3 Å². The van der Waals surface area contributed by atoms with Crippen LogP contribution in [0.25, 0.3) is 0 Å². The molecule has 0 aromatic carbocycles. The van der Waals surface area contributed by atoms with E-state index in [1.165, 1.54) is 30.3 Å². The first-order valence-corrected chi connectivity index (χ1v) is 7.29. The monoisotopic (exact) mass is 321 g/mol.